The van der Waals surface area contributed by atoms with E-state index in [1.807, 2.05) is 0 Å². The first-order chi connectivity index (χ1) is 6.07. The van der Waals surface area contributed by atoms with Crippen molar-refractivity contribution in [2.24, 2.45) is 5.73 Å². The molecule has 0 aromatic rings. The van der Waals surface area contributed by atoms with Crippen LogP contribution >= 0.6 is 0 Å². The normalized spacial score (nSPS) is 15.1. The third-order valence-corrected chi connectivity index (χ3v) is 1.78. The maximum Gasteiger partial charge on any atom is 0.237 e. The summed E-state index contributed by atoms with van der Waals surface area (Å²) in [7, 11) is 0. The monoisotopic (exact) mass is 188 g/mol. The molecule has 0 aliphatic rings. The van der Waals surface area contributed by atoms with Crippen LogP contribution in [-0.2, 0) is 4.79 Å². The smallest absolute Gasteiger partial charge is 0.237 e. The van der Waals surface area contributed by atoms with Gasteiger partial charge in [0.15, 0.2) is 0 Å². The van der Waals surface area contributed by atoms with Gasteiger partial charge in [-0.1, -0.05) is 19.8 Å². The number of hydrogen-bond donors (Lipinski definition) is 3. The Bertz CT molecular complexity index is 149. The van der Waals surface area contributed by atoms with E-state index in [1.165, 1.54) is 0 Å². The number of carbonyl (C=O) groups excluding carboxylic acids is 1. The van der Waals surface area contributed by atoms with E-state index < -0.39 is 12.1 Å². The number of nitrogens with two attached hydrogens (primary N) is 1. The Labute approximate surface area is 79.5 Å². The van der Waals surface area contributed by atoms with Crippen molar-refractivity contribution in [3.8, 4) is 0 Å². The summed E-state index contributed by atoms with van der Waals surface area (Å²) >= 11 is 0. The van der Waals surface area contributed by atoms with E-state index in [0.717, 1.165) is 12.8 Å². The van der Waals surface area contributed by atoms with Crippen LogP contribution in [0, 0.1) is 0 Å². The van der Waals surface area contributed by atoms with E-state index in [0.29, 0.717) is 6.42 Å². The van der Waals surface area contributed by atoms with Gasteiger partial charge < -0.3 is 16.2 Å². The fourth-order valence-electron chi connectivity index (χ4n) is 0.935. The average molecular weight is 188 g/mol. The largest absolute Gasteiger partial charge is 0.392 e. The molecule has 0 aliphatic heterocycles. The molecule has 0 spiro atoms. The number of nitrogens with one attached hydrogen (secondary N) is 1. The molecule has 4 heteroatoms. The second-order valence-corrected chi connectivity index (χ2v) is 3.34. The van der Waals surface area contributed by atoms with Crippen molar-refractivity contribution in [3.63, 3.8) is 0 Å². The van der Waals surface area contributed by atoms with Gasteiger partial charge in [-0.25, -0.2) is 0 Å². The molecular formula is C9H20N2O2. The van der Waals surface area contributed by atoms with Gasteiger partial charge in [-0.2, -0.15) is 0 Å². The molecule has 4 nitrogen and oxygen atoms in total. The van der Waals surface area contributed by atoms with E-state index in [-0.39, 0.29) is 12.5 Å². The summed E-state index contributed by atoms with van der Waals surface area (Å²) in [6, 6.07) is -0.432. The Morgan fingerprint density at radius 3 is 2.69 bits per heavy atom. The second-order valence-electron chi connectivity index (χ2n) is 3.34. The van der Waals surface area contributed by atoms with Gasteiger partial charge in [-0.3, -0.25) is 4.79 Å². The molecule has 0 saturated heterocycles. The summed E-state index contributed by atoms with van der Waals surface area (Å²) < 4.78 is 0. The highest BCUT2D eigenvalue weighted by atomic mass is 16.3. The van der Waals surface area contributed by atoms with Crippen LogP contribution < -0.4 is 11.1 Å². The van der Waals surface area contributed by atoms with E-state index in [4.69, 9.17) is 10.8 Å². The lowest BCUT2D eigenvalue weighted by atomic mass is 10.1. The van der Waals surface area contributed by atoms with Crippen molar-refractivity contribution < 1.29 is 9.90 Å². The fourth-order valence-corrected chi connectivity index (χ4v) is 0.935. The van der Waals surface area contributed by atoms with Crippen molar-refractivity contribution in [1.29, 1.82) is 0 Å². The second kappa shape index (κ2) is 6.86. The minimum atomic E-state index is -0.512. The molecule has 0 heterocycles. The maximum atomic E-state index is 11.2. The third-order valence-electron chi connectivity index (χ3n) is 1.78. The minimum Gasteiger partial charge on any atom is -0.392 e. The van der Waals surface area contributed by atoms with Crippen LogP contribution in [0.2, 0.25) is 0 Å². The highest BCUT2D eigenvalue weighted by Gasteiger charge is 2.12. The molecule has 13 heavy (non-hydrogen) atoms. The van der Waals surface area contributed by atoms with Crippen LogP contribution in [0.5, 0.6) is 0 Å². The van der Waals surface area contributed by atoms with Crippen LogP contribution in [0.4, 0.5) is 0 Å². The molecule has 1 amide bonds. The molecule has 0 fully saturated rings. The van der Waals surface area contributed by atoms with Gasteiger partial charge in [-0.05, 0) is 13.3 Å². The summed E-state index contributed by atoms with van der Waals surface area (Å²) in [4.78, 5) is 11.2. The SMILES string of the molecule is CCCCC(N)C(=O)NC[C@H](C)O. The molecule has 0 rings (SSSR count). The molecule has 2 atom stereocenters. The first-order valence-electron chi connectivity index (χ1n) is 4.79. The quantitative estimate of drug-likeness (QED) is 0.549. The molecule has 4 N–H and O–H groups in total. The van der Waals surface area contributed by atoms with Crippen LogP contribution in [0.1, 0.15) is 33.1 Å². The number of amides is 1. The zero-order chi connectivity index (χ0) is 10.3. The van der Waals surface area contributed by atoms with E-state index in [1.54, 1.807) is 6.92 Å². The van der Waals surface area contributed by atoms with Gasteiger partial charge in [0.2, 0.25) is 5.91 Å². The average Bonchev–Trinajstić information content (AvgIpc) is 2.10. The molecule has 0 aromatic carbocycles. The Balaban J connectivity index is 3.57. The first kappa shape index (κ1) is 12.4. The number of aliphatic hydroxyl groups is 1. The summed E-state index contributed by atoms with van der Waals surface area (Å²) in [5.74, 6) is -0.172. The van der Waals surface area contributed by atoms with Crippen molar-refractivity contribution >= 4 is 5.91 Å². The van der Waals surface area contributed by atoms with Crippen molar-refractivity contribution in [3.05, 3.63) is 0 Å². The van der Waals surface area contributed by atoms with Crippen molar-refractivity contribution in [1.82, 2.24) is 5.32 Å². The van der Waals surface area contributed by atoms with Crippen LogP contribution in [0.15, 0.2) is 0 Å². The lowest BCUT2D eigenvalue weighted by Crippen LogP contribution is -2.42. The Kier molecular flexibility index (Phi) is 6.54. The Hall–Kier alpha value is -0.610. The Morgan fingerprint density at radius 2 is 2.23 bits per heavy atom. The Morgan fingerprint density at radius 1 is 1.62 bits per heavy atom. The number of carbonyl (C=O) groups is 1. The van der Waals surface area contributed by atoms with Crippen molar-refractivity contribution in [2.75, 3.05) is 6.54 Å². The summed E-state index contributed by atoms with van der Waals surface area (Å²) in [5, 5.41) is 11.5. The molecule has 0 aromatic heterocycles. The predicted octanol–water partition coefficient (Wildman–Crippen LogP) is 0.000900. The number of rotatable bonds is 6. The lowest BCUT2D eigenvalue weighted by Gasteiger charge is -2.12. The summed E-state index contributed by atoms with van der Waals surface area (Å²) in [6.45, 7) is 3.96. The van der Waals surface area contributed by atoms with Crippen LogP contribution in [0.3, 0.4) is 0 Å². The third kappa shape index (κ3) is 6.54. The molecule has 0 bridgehead atoms. The van der Waals surface area contributed by atoms with Gasteiger partial charge in [0.25, 0.3) is 0 Å². The number of aliphatic hydroxyl groups excluding tert-OH is 1. The van der Waals surface area contributed by atoms with Crippen LogP contribution in [0.25, 0.3) is 0 Å². The first-order valence-corrected chi connectivity index (χ1v) is 4.79. The molecule has 1 unspecified atom stereocenters. The molecular weight excluding hydrogens is 168 g/mol. The van der Waals surface area contributed by atoms with E-state index in [2.05, 4.69) is 12.2 Å². The minimum absolute atomic E-state index is 0.172. The van der Waals surface area contributed by atoms with Gasteiger partial charge in [0.1, 0.15) is 0 Å². The highest BCUT2D eigenvalue weighted by molar-refractivity contribution is 5.81. The maximum absolute atomic E-state index is 11.2. The van der Waals surface area contributed by atoms with Gasteiger partial charge in [-0.15, -0.1) is 0 Å². The lowest BCUT2D eigenvalue weighted by molar-refractivity contribution is -0.122. The van der Waals surface area contributed by atoms with Gasteiger partial charge in [0, 0.05) is 6.54 Å². The molecule has 0 saturated carbocycles. The molecule has 0 radical (unpaired) electrons. The zero-order valence-electron chi connectivity index (χ0n) is 8.42. The topological polar surface area (TPSA) is 75.4 Å². The summed E-state index contributed by atoms with van der Waals surface area (Å²) in [5.41, 5.74) is 5.60. The standard InChI is InChI=1S/C9H20N2O2/c1-3-4-5-8(10)9(13)11-6-7(2)12/h7-8,12H,3-6,10H2,1-2H3,(H,11,13)/t7-,8?/m0/s1. The number of unbranched alkanes of at least 4 members (excludes halogenated alkanes) is 1. The molecule has 78 valence electrons. The number of hydrogen-bond acceptors (Lipinski definition) is 3. The highest BCUT2D eigenvalue weighted by Crippen LogP contribution is 1.97. The van der Waals surface area contributed by atoms with Gasteiger partial charge in [0.05, 0.1) is 12.1 Å². The van der Waals surface area contributed by atoms with Crippen LogP contribution in [-0.4, -0.2) is 29.7 Å². The molecule has 0 aliphatic carbocycles. The predicted molar refractivity (Wildman–Crippen MR) is 52.2 cm³/mol. The van der Waals surface area contributed by atoms with E-state index >= 15 is 0 Å². The van der Waals surface area contributed by atoms with E-state index in [9.17, 15) is 4.79 Å². The van der Waals surface area contributed by atoms with Crippen molar-refractivity contribution in [2.45, 2.75) is 45.3 Å². The van der Waals surface area contributed by atoms with Gasteiger partial charge >= 0.3 is 0 Å². The fraction of sp³-hybridized carbons (Fsp3) is 0.889. The summed E-state index contributed by atoms with van der Waals surface area (Å²) in [6.07, 6.45) is 2.20. The zero-order valence-corrected chi connectivity index (χ0v) is 8.42.